The van der Waals surface area contributed by atoms with Crippen LogP contribution in [0.3, 0.4) is 0 Å². The van der Waals surface area contributed by atoms with Crippen LogP contribution in [0.25, 0.3) is 12.4 Å². The topological polar surface area (TPSA) is 101 Å². The molecule has 0 aliphatic rings. The molecule has 0 bridgehead atoms. The number of ether oxygens (including phenoxy) is 2. The number of anilines is 2. The number of benzene rings is 2. The molecule has 0 unspecified atom stereocenters. The largest absolute Gasteiger partial charge is 0.491 e. The first-order valence-electron chi connectivity index (χ1n) is 11.6. The van der Waals surface area contributed by atoms with Gasteiger partial charge >= 0.3 is 0 Å². The van der Waals surface area contributed by atoms with Crippen molar-refractivity contribution in [3.8, 4) is 5.75 Å². The van der Waals surface area contributed by atoms with Crippen LogP contribution in [0.4, 0.5) is 15.8 Å². The molecule has 0 atom stereocenters. The molecule has 2 aromatic carbocycles. The molecule has 0 radical (unpaired) electrons. The zero-order chi connectivity index (χ0) is 26.7. The van der Waals surface area contributed by atoms with Crippen LogP contribution in [0, 0.1) is 11.2 Å². The van der Waals surface area contributed by atoms with Crippen LogP contribution in [0.2, 0.25) is 0 Å². The van der Waals surface area contributed by atoms with Gasteiger partial charge < -0.3 is 25.4 Å². The van der Waals surface area contributed by atoms with Gasteiger partial charge in [-0.2, -0.15) is 0 Å². The molecule has 2 amide bonds. The average molecular weight is 499 g/mol. The van der Waals surface area contributed by atoms with Gasteiger partial charge in [-0.1, -0.05) is 27.4 Å². The second-order valence-corrected chi connectivity index (χ2v) is 9.28. The summed E-state index contributed by atoms with van der Waals surface area (Å²) in [6, 6.07) is 9.69. The Morgan fingerprint density at radius 1 is 1.06 bits per heavy atom. The summed E-state index contributed by atoms with van der Waals surface area (Å²) < 4.78 is 25.4. The Hall–Kier alpha value is -3.72. The number of nitrogens with one attached hydrogen (secondary N) is 3. The molecule has 0 aliphatic heterocycles. The van der Waals surface area contributed by atoms with Crippen LogP contribution in [-0.4, -0.2) is 44.9 Å². The summed E-state index contributed by atoms with van der Waals surface area (Å²) in [5, 5.41) is 9.16. The van der Waals surface area contributed by atoms with Crippen molar-refractivity contribution in [2.24, 2.45) is 10.4 Å². The molecule has 36 heavy (non-hydrogen) atoms. The van der Waals surface area contributed by atoms with Gasteiger partial charge in [-0.3, -0.25) is 9.59 Å². The van der Waals surface area contributed by atoms with E-state index in [2.05, 4.69) is 27.5 Å². The maximum Gasteiger partial charge on any atom is 0.233 e. The van der Waals surface area contributed by atoms with E-state index in [9.17, 15) is 14.0 Å². The zero-order valence-corrected chi connectivity index (χ0v) is 21.5. The molecule has 194 valence electrons. The molecular formula is C27H35FN4O4. The van der Waals surface area contributed by atoms with Gasteiger partial charge in [0.05, 0.1) is 11.8 Å². The number of carbonyl (C=O) groups is 2. The number of hydrogen-bond acceptors (Lipinski definition) is 6. The first-order chi connectivity index (χ1) is 17.0. The maximum absolute atomic E-state index is 15.0. The second kappa shape index (κ2) is 13.4. The number of aliphatic imine (C=N–C) groups is 1. The number of hydrogen-bond donors (Lipinski definition) is 3. The molecule has 8 nitrogen and oxygen atoms in total. The molecule has 2 rings (SSSR count). The van der Waals surface area contributed by atoms with Gasteiger partial charge in [-0.25, -0.2) is 9.38 Å². The summed E-state index contributed by atoms with van der Waals surface area (Å²) in [6.07, 6.45) is 1.28. The Kier molecular flexibility index (Phi) is 10.6. The van der Waals surface area contributed by atoms with Crippen molar-refractivity contribution in [2.75, 3.05) is 37.5 Å². The van der Waals surface area contributed by atoms with Gasteiger partial charge in [0.25, 0.3) is 0 Å². The number of methoxy groups -OCH3 is 1. The quantitative estimate of drug-likeness (QED) is 0.251. The first-order valence-corrected chi connectivity index (χ1v) is 11.6. The van der Waals surface area contributed by atoms with E-state index in [-0.39, 0.29) is 28.8 Å². The molecule has 0 spiro atoms. The average Bonchev–Trinajstić information content (AvgIpc) is 2.78. The summed E-state index contributed by atoms with van der Waals surface area (Å²) in [5.41, 5.74) is 1.08. The first kappa shape index (κ1) is 28.5. The zero-order valence-electron chi connectivity index (χ0n) is 21.5. The molecule has 0 fully saturated rings. The Morgan fingerprint density at radius 3 is 2.25 bits per heavy atom. The van der Waals surface area contributed by atoms with Gasteiger partial charge in [0.2, 0.25) is 11.8 Å². The normalized spacial score (nSPS) is 12.3. The molecule has 0 saturated carbocycles. The third kappa shape index (κ3) is 9.50. The van der Waals surface area contributed by atoms with Crippen LogP contribution >= 0.6 is 0 Å². The Bertz CT molecular complexity index is 1190. The Morgan fingerprint density at radius 2 is 1.69 bits per heavy atom. The van der Waals surface area contributed by atoms with Gasteiger partial charge in [0.15, 0.2) is 0 Å². The fourth-order valence-corrected chi connectivity index (χ4v) is 3.07. The summed E-state index contributed by atoms with van der Waals surface area (Å²) in [5.74, 6) is -0.655. The van der Waals surface area contributed by atoms with Crippen molar-refractivity contribution < 1.29 is 23.5 Å². The van der Waals surface area contributed by atoms with Crippen molar-refractivity contribution in [2.45, 2.75) is 34.1 Å². The van der Waals surface area contributed by atoms with Crippen molar-refractivity contribution in [1.29, 1.82) is 0 Å². The monoisotopic (exact) mass is 498 g/mol. The highest BCUT2D eigenvalue weighted by Crippen LogP contribution is 2.17. The van der Waals surface area contributed by atoms with Gasteiger partial charge in [-0.05, 0) is 47.9 Å². The van der Waals surface area contributed by atoms with E-state index >= 15 is 0 Å². The van der Waals surface area contributed by atoms with E-state index in [4.69, 9.17) is 9.47 Å². The molecule has 0 saturated heterocycles. The highest BCUT2D eigenvalue weighted by atomic mass is 19.1. The molecule has 9 heteroatoms. The van der Waals surface area contributed by atoms with E-state index in [1.54, 1.807) is 50.6 Å². The van der Waals surface area contributed by atoms with E-state index < -0.39 is 11.7 Å². The Labute approximate surface area is 211 Å². The molecule has 0 aliphatic carbocycles. The predicted molar refractivity (Wildman–Crippen MR) is 142 cm³/mol. The molecular weight excluding hydrogens is 463 g/mol. The lowest BCUT2D eigenvalue weighted by Gasteiger charge is -2.18. The van der Waals surface area contributed by atoms with Gasteiger partial charge in [-0.15, -0.1) is 0 Å². The standard InChI is InChI=1S/C27H35FN4O4/c1-7-29-26(25-18(2)14-21(15-22(25)28)36-13-12-35-6)32-20-10-8-19(9-11-20)31-24(34)16-23(33)30-17-27(3,4)5/h7-11,14-15,32H,2,12-13,16-17H2,1,3-6H3,(H,30,33)(H,31,34)/b26-25-,29-7?. The lowest BCUT2D eigenvalue weighted by atomic mass is 9.97. The highest BCUT2D eigenvalue weighted by Gasteiger charge is 2.14. The Balaban J connectivity index is 2.13. The van der Waals surface area contributed by atoms with E-state index in [0.717, 1.165) is 0 Å². The van der Waals surface area contributed by atoms with Crippen molar-refractivity contribution in [3.63, 3.8) is 0 Å². The third-order valence-electron chi connectivity index (χ3n) is 4.77. The van der Waals surface area contributed by atoms with Crippen LogP contribution in [0.1, 0.15) is 34.1 Å². The maximum atomic E-state index is 15.0. The van der Waals surface area contributed by atoms with Crippen LogP contribution in [-0.2, 0) is 14.3 Å². The highest BCUT2D eigenvalue weighted by molar-refractivity contribution is 6.03. The summed E-state index contributed by atoms with van der Waals surface area (Å²) in [4.78, 5) is 28.4. The SMILES string of the molecule is C=c1cc(OCCOC)cc(F)/c1=C(/N=CC)Nc1ccc(NC(=O)CC(=O)NCC(C)(C)C)cc1. The number of amides is 2. The molecule has 2 aromatic rings. The number of rotatable bonds is 11. The third-order valence-corrected chi connectivity index (χ3v) is 4.77. The summed E-state index contributed by atoms with van der Waals surface area (Å²) in [6.45, 7) is 12.8. The van der Waals surface area contributed by atoms with Crippen molar-refractivity contribution in [1.82, 2.24) is 5.32 Å². The second-order valence-electron chi connectivity index (χ2n) is 9.28. The van der Waals surface area contributed by atoms with Crippen LogP contribution in [0.15, 0.2) is 41.4 Å². The van der Waals surface area contributed by atoms with E-state index in [1.807, 2.05) is 20.8 Å². The molecule has 3 N–H and O–H groups in total. The van der Waals surface area contributed by atoms with E-state index in [1.165, 1.54) is 6.07 Å². The predicted octanol–water partition coefficient (Wildman–Crippen LogP) is 3.02. The fraction of sp³-hybridized carbons (Fsp3) is 0.370. The minimum Gasteiger partial charge on any atom is -0.491 e. The molecule has 0 aromatic heterocycles. The van der Waals surface area contributed by atoms with Crippen molar-refractivity contribution >= 4 is 41.8 Å². The number of carbonyl (C=O) groups excluding carboxylic acids is 2. The minimum atomic E-state index is -0.531. The smallest absolute Gasteiger partial charge is 0.233 e. The van der Waals surface area contributed by atoms with E-state index in [0.29, 0.717) is 42.1 Å². The lowest BCUT2D eigenvalue weighted by Crippen LogP contribution is -2.34. The van der Waals surface area contributed by atoms with Gasteiger partial charge in [0, 0.05) is 37.3 Å². The summed E-state index contributed by atoms with van der Waals surface area (Å²) in [7, 11) is 1.56. The summed E-state index contributed by atoms with van der Waals surface area (Å²) >= 11 is 0. The van der Waals surface area contributed by atoms with Crippen LogP contribution < -0.4 is 31.1 Å². The number of nitrogens with zero attached hydrogens (tertiary/aromatic N) is 1. The van der Waals surface area contributed by atoms with Crippen molar-refractivity contribution in [3.05, 3.63) is 52.7 Å². The minimum absolute atomic E-state index is 0.0654. The fourth-order valence-electron chi connectivity index (χ4n) is 3.07. The molecule has 0 heterocycles. The van der Waals surface area contributed by atoms with Crippen LogP contribution in [0.5, 0.6) is 5.75 Å². The van der Waals surface area contributed by atoms with Gasteiger partial charge in [0.1, 0.15) is 30.4 Å². The lowest BCUT2D eigenvalue weighted by molar-refractivity contribution is -0.127. The number of halogens is 1.